The van der Waals surface area contributed by atoms with Crippen LogP contribution < -0.4 is 10.1 Å². The first-order valence-corrected chi connectivity index (χ1v) is 5.21. The molecular formula is C10H19N3O. The molecule has 2 rings (SSSR count). The number of aromatic nitrogens is 2. The molecular weight excluding hydrogens is 178 g/mol. The van der Waals surface area contributed by atoms with Gasteiger partial charge in [-0.1, -0.05) is 13.8 Å². The van der Waals surface area contributed by atoms with Crippen LogP contribution in [0.5, 0.6) is 5.88 Å². The first kappa shape index (κ1) is 11.0. The third-order valence-corrected chi connectivity index (χ3v) is 2.08. The molecule has 0 amide bonds. The van der Waals surface area contributed by atoms with Crippen LogP contribution in [0.3, 0.4) is 0 Å². The van der Waals surface area contributed by atoms with Gasteiger partial charge in [0.1, 0.15) is 6.10 Å². The van der Waals surface area contributed by atoms with Gasteiger partial charge in [0.15, 0.2) is 0 Å². The molecule has 2 heterocycles. The van der Waals surface area contributed by atoms with E-state index in [1.165, 1.54) is 0 Å². The number of nitrogens with one attached hydrogen (secondary N) is 1. The Labute approximate surface area is 85.3 Å². The Bertz CT molecular complexity index is 254. The van der Waals surface area contributed by atoms with Gasteiger partial charge in [-0.05, 0) is 13.0 Å². The average molecular weight is 197 g/mol. The van der Waals surface area contributed by atoms with Gasteiger partial charge >= 0.3 is 0 Å². The third-order valence-electron chi connectivity index (χ3n) is 2.08. The molecule has 1 aliphatic rings. The van der Waals surface area contributed by atoms with Gasteiger partial charge in [0.25, 0.3) is 0 Å². The lowest BCUT2D eigenvalue weighted by atomic mass is 10.3. The Hall–Kier alpha value is -1.03. The van der Waals surface area contributed by atoms with E-state index in [1.807, 2.05) is 27.0 Å². The molecule has 4 heteroatoms. The molecule has 1 aromatic heterocycles. The van der Waals surface area contributed by atoms with E-state index in [1.54, 1.807) is 10.9 Å². The smallest absolute Gasteiger partial charge is 0.211 e. The first-order chi connectivity index (χ1) is 6.86. The molecule has 1 atom stereocenters. The summed E-state index contributed by atoms with van der Waals surface area (Å²) in [6, 6.07) is 1.89. The Morgan fingerprint density at radius 3 is 2.86 bits per heavy atom. The number of aryl methyl sites for hydroxylation is 1. The molecule has 0 radical (unpaired) electrons. The van der Waals surface area contributed by atoms with Crippen molar-refractivity contribution in [2.45, 2.75) is 26.4 Å². The van der Waals surface area contributed by atoms with Gasteiger partial charge in [-0.3, -0.25) is 0 Å². The molecule has 80 valence electrons. The fourth-order valence-electron chi connectivity index (χ4n) is 1.38. The first-order valence-electron chi connectivity index (χ1n) is 5.21. The summed E-state index contributed by atoms with van der Waals surface area (Å²) in [6.07, 6.45) is 3.16. The highest BCUT2D eigenvalue weighted by molar-refractivity contribution is 5.07. The molecule has 0 aliphatic carbocycles. The molecule has 1 fully saturated rings. The van der Waals surface area contributed by atoms with Crippen LogP contribution in [0, 0.1) is 0 Å². The van der Waals surface area contributed by atoms with Gasteiger partial charge in [0.05, 0.1) is 6.20 Å². The van der Waals surface area contributed by atoms with Crippen molar-refractivity contribution < 1.29 is 4.74 Å². The van der Waals surface area contributed by atoms with E-state index in [9.17, 15) is 0 Å². The number of hydrogen-bond donors (Lipinski definition) is 1. The Balaban J connectivity index is 0.000000461. The monoisotopic (exact) mass is 197 g/mol. The van der Waals surface area contributed by atoms with Gasteiger partial charge < -0.3 is 10.1 Å². The Morgan fingerprint density at radius 1 is 1.57 bits per heavy atom. The molecule has 0 bridgehead atoms. The minimum absolute atomic E-state index is 0.320. The summed E-state index contributed by atoms with van der Waals surface area (Å²) >= 11 is 0. The number of ether oxygens (including phenoxy) is 1. The summed E-state index contributed by atoms with van der Waals surface area (Å²) in [6.45, 7) is 6.01. The summed E-state index contributed by atoms with van der Waals surface area (Å²) in [5.74, 6) is 0.851. The van der Waals surface area contributed by atoms with E-state index < -0.39 is 0 Å². The zero-order valence-electron chi connectivity index (χ0n) is 9.16. The lowest BCUT2D eigenvalue weighted by Crippen LogP contribution is -2.20. The molecule has 1 aromatic rings. The van der Waals surface area contributed by atoms with Gasteiger partial charge in [0, 0.05) is 19.7 Å². The van der Waals surface area contributed by atoms with Crippen molar-refractivity contribution in [2.24, 2.45) is 7.05 Å². The summed E-state index contributed by atoms with van der Waals surface area (Å²) < 4.78 is 7.43. The number of hydrogen-bond acceptors (Lipinski definition) is 3. The van der Waals surface area contributed by atoms with Crippen molar-refractivity contribution >= 4 is 0 Å². The van der Waals surface area contributed by atoms with Crippen LogP contribution in [-0.2, 0) is 7.05 Å². The van der Waals surface area contributed by atoms with Crippen LogP contribution in [0.25, 0.3) is 0 Å². The highest BCUT2D eigenvalue weighted by Gasteiger charge is 2.16. The Kier molecular flexibility index (Phi) is 4.46. The highest BCUT2D eigenvalue weighted by Crippen LogP contribution is 2.12. The maximum atomic E-state index is 5.68. The molecule has 0 aromatic carbocycles. The second-order valence-electron chi connectivity index (χ2n) is 3.03. The average Bonchev–Trinajstić information content (AvgIpc) is 2.83. The second kappa shape index (κ2) is 5.65. The van der Waals surface area contributed by atoms with Crippen LogP contribution >= 0.6 is 0 Å². The van der Waals surface area contributed by atoms with Crippen molar-refractivity contribution in [3.05, 3.63) is 12.3 Å². The Morgan fingerprint density at radius 2 is 2.36 bits per heavy atom. The van der Waals surface area contributed by atoms with Gasteiger partial charge in [-0.25, -0.2) is 4.68 Å². The SMILES string of the molecule is CC.Cn1nccc1OC1CCNC1. The molecule has 0 saturated carbocycles. The molecule has 1 saturated heterocycles. The van der Waals surface area contributed by atoms with Gasteiger partial charge in [0.2, 0.25) is 5.88 Å². The van der Waals surface area contributed by atoms with Gasteiger partial charge in [-0.15, -0.1) is 0 Å². The van der Waals surface area contributed by atoms with E-state index >= 15 is 0 Å². The van der Waals surface area contributed by atoms with E-state index in [4.69, 9.17) is 4.74 Å². The molecule has 4 nitrogen and oxygen atoms in total. The number of nitrogens with zero attached hydrogens (tertiary/aromatic N) is 2. The van der Waals surface area contributed by atoms with Crippen LogP contribution in [0.2, 0.25) is 0 Å². The van der Waals surface area contributed by atoms with Crippen LogP contribution in [0.4, 0.5) is 0 Å². The second-order valence-corrected chi connectivity index (χ2v) is 3.03. The van der Waals surface area contributed by atoms with Crippen molar-refractivity contribution in [1.29, 1.82) is 0 Å². The van der Waals surface area contributed by atoms with E-state index in [2.05, 4.69) is 10.4 Å². The maximum absolute atomic E-state index is 5.68. The van der Waals surface area contributed by atoms with Crippen molar-refractivity contribution in [3.63, 3.8) is 0 Å². The van der Waals surface area contributed by atoms with E-state index in [-0.39, 0.29) is 0 Å². The highest BCUT2D eigenvalue weighted by atomic mass is 16.5. The largest absolute Gasteiger partial charge is 0.473 e. The topological polar surface area (TPSA) is 39.1 Å². The summed E-state index contributed by atoms with van der Waals surface area (Å²) in [7, 11) is 1.89. The predicted molar refractivity (Wildman–Crippen MR) is 56.5 cm³/mol. The van der Waals surface area contributed by atoms with E-state index in [0.717, 1.165) is 25.4 Å². The minimum atomic E-state index is 0.320. The zero-order valence-corrected chi connectivity index (χ0v) is 9.16. The zero-order chi connectivity index (χ0) is 10.4. The molecule has 0 spiro atoms. The molecule has 14 heavy (non-hydrogen) atoms. The fraction of sp³-hybridized carbons (Fsp3) is 0.700. The lowest BCUT2D eigenvalue weighted by Gasteiger charge is -2.11. The van der Waals surface area contributed by atoms with Crippen LogP contribution in [-0.4, -0.2) is 29.0 Å². The maximum Gasteiger partial charge on any atom is 0.211 e. The van der Waals surface area contributed by atoms with Crippen molar-refractivity contribution in [1.82, 2.24) is 15.1 Å². The van der Waals surface area contributed by atoms with Crippen molar-refractivity contribution in [2.75, 3.05) is 13.1 Å². The fourth-order valence-corrected chi connectivity index (χ4v) is 1.38. The summed E-state index contributed by atoms with van der Waals surface area (Å²) in [5.41, 5.74) is 0. The van der Waals surface area contributed by atoms with E-state index in [0.29, 0.717) is 6.10 Å². The van der Waals surface area contributed by atoms with Gasteiger partial charge in [-0.2, -0.15) is 5.10 Å². The molecule has 1 aliphatic heterocycles. The third kappa shape index (κ3) is 2.73. The number of rotatable bonds is 2. The van der Waals surface area contributed by atoms with Crippen LogP contribution in [0.15, 0.2) is 12.3 Å². The van der Waals surface area contributed by atoms with Crippen molar-refractivity contribution in [3.8, 4) is 5.88 Å². The summed E-state index contributed by atoms with van der Waals surface area (Å²) in [5, 5.41) is 7.28. The summed E-state index contributed by atoms with van der Waals surface area (Å²) in [4.78, 5) is 0. The standard InChI is InChI=1S/C8H13N3O.C2H6/c1-11-8(3-5-10-11)12-7-2-4-9-6-7;1-2/h3,5,7,9H,2,4,6H2,1H3;1-2H3. The predicted octanol–water partition coefficient (Wildman–Crippen LogP) is 1.19. The molecule has 1 N–H and O–H groups in total. The quantitative estimate of drug-likeness (QED) is 0.774. The lowest BCUT2D eigenvalue weighted by molar-refractivity contribution is 0.204. The van der Waals surface area contributed by atoms with Crippen LogP contribution in [0.1, 0.15) is 20.3 Å². The minimum Gasteiger partial charge on any atom is -0.473 e. The molecule has 1 unspecified atom stereocenters. The normalized spacial score (nSPS) is 20.1.